The van der Waals surface area contributed by atoms with E-state index in [-0.39, 0.29) is 11.0 Å². The van der Waals surface area contributed by atoms with Gasteiger partial charge in [0.05, 0.1) is 0 Å². The lowest BCUT2D eigenvalue weighted by Gasteiger charge is -2.41. The monoisotopic (exact) mass is 476 g/mol. The first-order valence-electron chi connectivity index (χ1n) is 13.6. The molecule has 0 unspecified atom stereocenters. The van der Waals surface area contributed by atoms with Crippen molar-refractivity contribution in [1.82, 2.24) is 14.7 Å². The maximum atomic E-state index is 6.10. The second-order valence-electron chi connectivity index (χ2n) is 11.5. The molecule has 1 saturated carbocycles. The molecule has 2 atom stereocenters. The second kappa shape index (κ2) is 10.1. The van der Waals surface area contributed by atoms with E-state index < -0.39 is 0 Å². The fourth-order valence-corrected chi connectivity index (χ4v) is 6.42. The van der Waals surface area contributed by atoms with Crippen molar-refractivity contribution < 1.29 is 4.74 Å². The van der Waals surface area contributed by atoms with Gasteiger partial charge in [0.1, 0.15) is 12.4 Å². The predicted molar refractivity (Wildman–Crippen MR) is 146 cm³/mol. The fourth-order valence-electron chi connectivity index (χ4n) is 6.42. The molecular formula is C30H44N4O. The van der Waals surface area contributed by atoms with Crippen molar-refractivity contribution in [3.05, 3.63) is 60.2 Å². The Morgan fingerprint density at radius 1 is 0.886 bits per heavy atom. The number of piperidine rings is 1. The van der Waals surface area contributed by atoms with Crippen molar-refractivity contribution in [2.75, 3.05) is 71.4 Å². The number of hydrogen-bond acceptors (Lipinski definition) is 5. The van der Waals surface area contributed by atoms with Crippen LogP contribution < -0.4 is 9.64 Å². The number of anilines is 1. The number of likely N-dealkylation sites (N-methyl/N-ethyl adjacent to an activating group) is 2. The van der Waals surface area contributed by atoms with Gasteiger partial charge in [-0.15, -0.1) is 0 Å². The fraction of sp³-hybridized carbons (Fsp3) is 0.600. The molecule has 1 aliphatic carbocycles. The number of ether oxygens (including phenoxy) is 1. The molecule has 0 radical (unpaired) electrons. The van der Waals surface area contributed by atoms with Gasteiger partial charge in [-0.1, -0.05) is 37.3 Å². The van der Waals surface area contributed by atoms with Gasteiger partial charge in [-0.2, -0.15) is 0 Å². The third kappa shape index (κ3) is 5.09. The van der Waals surface area contributed by atoms with Gasteiger partial charge in [-0.05, 0) is 83.2 Å². The van der Waals surface area contributed by atoms with Gasteiger partial charge in [0, 0.05) is 55.4 Å². The SMILES string of the molecule is CN1CCN(c2ccc(OCCN3CCC(N(C)[C@]4(C)C[C@@]4(C)c4ccccc4)CC3)cc2)CC1. The Bertz CT molecular complexity index is 950. The summed E-state index contributed by atoms with van der Waals surface area (Å²) in [7, 11) is 4.56. The van der Waals surface area contributed by atoms with Gasteiger partial charge in [0.25, 0.3) is 0 Å². The zero-order valence-electron chi connectivity index (χ0n) is 22.2. The van der Waals surface area contributed by atoms with Crippen LogP contribution in [0.2, 0.25) is 0 Å². The van der Waals surface area contributed by atoms with Crippen molar-refractivity contribution in [3.63, 3.8) is 0 Å². The molecule has 5 heteroatoms. The maximum absolute atomic E-state index is 6.10. The summed E-state index contributed by atoms with van der Waals surface area (Å²) in [6, 6.07) is 20.5. The Balaban J connectivity index is 1.04. The Labute approximate surface area is 212 Å². The van der Waals surface area contributed by atoms with Gasteiger partial charge in [0.15, 0.2) is 0 Å². The standard InChI is InChI=1S/C30H44N4O/c1-29(25-8-6-5-7-9-25)24-30(29,2)32(4)26-14-16-33(17-15-26)22-23-35-28-12-10-27(11-13-28)34-20-18-31(3)19-21-34/h5-13,26H,14-24H2,1-4H3/t29-,30+/m0/s1. The highest BCUT2D eigenvalue weighted by molar-refractivity contribution is 5.49. The van der Waals surface area contributed by atoms with Crippen LogP contribution in [0.15, 0.2) is 54.6 Å². The highest BCUT2D eigenvalue weighted by Gasteiger charge is 2.64. The van der Waals surface area contributed by atoms with E-state index in [2.05, 4.69) is 102 Å². The minimum atomic E-state index is 0.264. The summed E-state index contributed by atoms with van der Waals surface area (Å²) in [4.78, 5) is 10.1. The van der Waals surface area contributed by atoms with Crippen LogP contribution in [0.4, 0.5) is 5.69 Å². The lowest BCUT2D eigenvalue weighted by molar-refractivity contribution is 0.0775. The Kier molecular flexibility index (Phi) is 7.11. The molecule has 5 rings (SSSR count). The Hall–Kier alpha value is -2.08. The number of rotatable bonds is 8. The van der Waals surface area contributed by atoms with Crippen LogP contribution in [0.5, 0.6) is 5.75 Å². The summed E-state index contributed by atoms with van der Waals surface area (Å²) in [5.41, 5.74) is 3.33. The largest absolute Gasteiger partial charge is 0.492 e. The number of piperazine rings is 1. The molecule has 35 heavy (non-hydrogen) atoms. The number of benzene rings is 2. The van der Waals surface area contributed by atoms with Gasteiger partial charge in [-0.25, -0.2) is 0 Å². The summed E-state index contributed by atoms with van der Waals surface area (Å²) in [6.07, 6.45) is 3.75. The smallest absolute Gasteiger partial charge is 0.119 e. The minimum Gasteiger partial charge on any atom is -0.492 e. The molecule has 0 bridgehead atoms. The molecule has 2 aliphatic heterocycles. The molecule has 2 saturated heterocycles. The van der Waals surface area contributed by atoms with Crippen LogP contribution in [-0.4, -0.2) is 92.8 Å². The van der Waals surface area contributed by atoms with Gasteiger partial charge in [0.2, 0.25) is 0 Å². The van der Waals surface area contributed by atoms with E-state index in [1.165, 1.54) is 43.6 Å². The first-order valence-corrected chi connectivity index (χ1v) is 13.6. The molecule has 0 amide bonds. The van der Waals surface area contributed by atoms with Crippen molar-refractivity contribution >= 4 is 5.69 Å². The zero-order valence-corrected chi connectivity index (χ0v) is 22.2. The second-order valence-corrected chi connectivity index (χ2v) is 11.5. The van der Waals surface area contributed by atoms with Crippen LogP contribution in [0.1, 0.15) is 38.7 Å². The molecule has 5 nitrogen and oxygen atoms in total. The Morgan fingerprint density at radius 2 is 1.54 bits per heavy atom. The maximum Gasteiger partial charge on any atom is 0.119 e. The first kappa shape index (κ1) is 24.6. The van der Waals surface area contributed by atoms with Crippen molar-refractivity contribution in [2.24, 2.45) is 0 Å². The minimum absolute atomic E-state index is 0.264. The summed E-state index contributed by atoms with van der Waals surface area (Å²) in [5.74, 6) is 0.986. The summed E-state index contributed by atoms with van der Waals surface area (Å²) in [5, 5.41) is 0. The summed E-state index contributed by atoms with van der Waals surface area (Å²) in [6.45, 7) is 13.5. The van der Waals surface area contributed by atoms with E-state index in [0.717, 1.165) is 45.1 Å². The number of nitrogens with zero attached hydrogens (tertiary/aromatic N) is 4. The molecule has 0 N–H and O–H groups in total. The lowest BCUT2D eigenvalue weighted by atomic mass is 9.91. The van der Waals surface area contributed by atoms with E-state index in [9.17, 15) is 0 Å². The van der Waals surface area contributed by atoms with E-state index >= 15 is 0 Å². The number of hydrogen-bond donors (Lipinski definition) is 0. The molecule has 2 heterocycles. The third-order valence-electron chi connectivity index (χ3n) is 9.44. The molecule has 3 fully saturated rings. The van der Waals surface area contributed by atoms with Crippen molar-refractivity contribution in [3.8, 4) is 5.75 Å². The quantitative estimate of drug-likeness (QED) is 0.564. The van der Waals surface area contributed by atoms with Gasteiger partial charge >= 0.3 is 0 Å². The Morgan fingerprint density at radius 3 is 2.20 bits per heavy atom. The molecule has 2 aromatic carbocycles. The van der Waals surface area contributed by atoms with E-state index in [4.69, 9.17) is 4.74 Å². The molecule has 0 aromatic heterocycles. The number of likely N-dealkylation sites (tertiary alicyclic amines) is 1. The summed E-state index contributed by atoms with van der Waals surface area (Å²) < 4.78 is 6.10. The van der Waals surface area contributed by atoms with Gasteiger partial charge in [-0.3, -0.25) is 9.80 Å². The average molecular weight is 477 g/mol. The highest BCUT2D eigenvalue weighted by atomic mass is 16.5. The normalized spacial score (nSPS) is 28.4. The van der Waals surface area contributed by atoms with Crippen LogP contribution in [0.25, 0.3) is 0 Å². The van der Waals surface area contributed by atoms with Crippen LogP contribution in [0.3, 0.4) is 0 Å². The van der Waals surface area contributed by atoms with Crippen molar-refractivity contribution in [1.29, 1.82) is 0 Å². The van der Waals surface area contributed by atoms with Crippen LogP contribution in [0, 0.1) is 0 Å². The summed E-state index contributed by atoms with van der Waals surface area (Å²) >= 11 is 0. The first-order chi connectivity index (χ1) is 16.9. The van der Waals surface area contributed by atoms with E-state index in [0.29, 0.717) is 6.04 Å². The molecule has 2 aromatic rings. The van der Waals surface area contributed by atoms with E-state index in [1.807, 2.05) is 0 Å². The van der Waals surface area contributed by atoms with E-state index in [1.54, 1.807) is 0 Å². The average Bonchev–Trinajstić information content (AvgIpc) is 3.48. The predicted octanol–water partition coefficient (Wildman–Crippen LogP) is 4.33. The zero-order chi connectivity index (χ0) is 24.5. The highest BCUT2D eigenvalue weighted by Crippen LogP contribution is 2.61. The molecule has 0 spiro atoms. The molecule has 3 aliphatic rings. The van der Waals surface area contributed by atoms with Crippen molar-refractivity contribution in [2.45, 2.75) is 50.1 Å². The van der Waals surface area contributed by atoms with Crippen LogP contribution in [-0.2, 0) is 5.41 Å². The third-order valence-corrected chi connectivity index (χ3v) is 9.44. The van der Waals surface area contributed by atoms with Crippen LogP contribution >= 0.6 is 0 Å². The molecule has 190 valence electrons. The van der Waals surface area contributed by atoms with Gasteiger partial charge < -0.3 is 14.5 Å². The topological polar surface area (TPSA) is 22.2 Å². The molecular weight excluding hydrogens is 432 g/mol. The lowest BCUT2D eigenvalue weighted by Crippen LogP contribution is -2.50.